The van der Waals surface area contributed by atoms with E-state index in [4.69, 9.17) is 5.73 Å². The van der Waals surface area contributed by atoms with Crippen molar-refractivity contribution >= 4 is 17.6 Å². The second kappa shape index (κ2) is 6.27. The molecular formula is C13H21N3OS. The number of nitrogen functional groups attached to an aromatic ring is 1. The van der Waals surface area contributed by atoms with Gasteiger partial charge in [-0.3, -0.25) is 4.79 Å². The van der Waals surface area contributed by atoms with E-state index in [0.717, 1.165) is 17.4 Å². The zero-order valence-electron chi connectivity index (χ0n) is 10.9. The number of aromatic amines is 1. The van der Waals surface area contributed by atoms with Gasteiger partial charge in [0.05, 0.1) is 11.3 Å². The van der Waals surface area contributed by atoms with Crippen LogP contribution in [0.4, 0.5) is 5.82 Å². The zero-order chi connectivity index (χ0) is 13.0. The monoisotopic (exact) mass is 267 g/mol. The average Bonchev–Trinajstić information content (AvgIpc) is 2.84. The first-order chi connectivity index (χ1) is 8.70. The lowest BCUT2D eigenvalue weighted by atomic mass is 10.2. The molecule has 2 rings (SSSR count). The number of rotatable bonds is 5. The van der Waals surface area contributed by atoms with Crippen LogP contribution in [0.25, 0.3) is 0 Å². The molecule has 4 nitrogen and oxygen atoms in total. The molecule has 3 N–H and O–H groups in total. The quantitative estimate of drug-likeness (QED) is 0.859. The number of nitrogens with two attached hydrogens (primary N) is 1. The van der Waals surface area contributed by atoms with E-state index in [-0.39, 0.29) is 5.56 Å². The first-order valence-corrected chi connectivity index (χ1v) is 7.74. The molecule has 1 fully saturated rings. The Labute approximate surface area is 112 Å². The normalized spacial score (nSPS) is 16.3. The first-order valence-electron chi connectivity index (χ1n) is 6.70. The molecule has 0 spiro atoms. The van der Waals surface area contributed by atoms with Crippen molar-refractivity contribution in [1.29, 1.82) is 0 Å². The molecule has 100 valence electrons. The first kappa shape index (κ1) is 13.5. The summed E-state index contributed by atoms with van der Waals surface area (Å²) in [5, 5.41) is 0.729. The Balaban J connectivity index is 2.02. The fourth-order valence-corrected chi connectivity index (χ4v) is 3.57. The summed E-state index contributed by atoms with van der Waals surface area (Å²) in [7, 11) is 0. The van der Waals surface area contributed by atoms with Crippen molar-refractivity contribution in [3.8, 4) is 0 Å². The summed E-state index contributed by atoms with van der Waals surface area (Å²) < 4.78 is 0. The van der Waals surface area contributed by atoms with E-state index in [9.17, 15) is 4.79 Å². The number of hydrogen-bond acceptors (Lipinski definition) is 4. The van der Waals surface area contributed by atoms with Gasteiger partial charge in [-0.25, -0.2) is 4.98 Å². The third-order valence-corrected chi connectivity index (χ3v) is 4.74. The maximum Gasteiger partial charge on any atom is 0.256 e. The van der Waals surface area contributed by atoms with Crippen LogP contribution in [-0.2, 0) is 12.2 Å². The van der Waals surface area contributed by atoms with Gasteiger partial charge in [0, 0.05) is 5.25 Å². The predicted octanol–water partition coefficient (Wildman–Crippen LogP) is 2.48. The Morgan fingerprint density at radius 1 is 1.44 bits per heavy atom. The minimum absolute atomic E-state index is 0.0635. The van der Waals surface area contributed by atoms with Crippen molar-refractivity contribution in [3.63, 3.8) is 0 Å². The Morgan fingerprint density at radius 3 is 2.78 bits per heavy atom. The van der Waals surface area contributed by atoms with Gasteiger partial charge in [0.2, 0.25) is 0 Å². The SMILES string of the molecule is CCCc1c(N)nc(CSC2CCCC2)[nH]c1=O. The van der Waals surface area contributed by atoms with Gasteiger partial charge in [0.1, 0.15) is 11.6 Å². The maximum absolute atomic E-state index is 11.9. The van der Waals surface area contributed by atoms with Gasteiger partial charge in [-0.2, -0.15) is 11.8 Å². The molecule has 0 radical (unpaired) electrons. The van der Waals surface area contributed by atoms with Crippen LogP contribution in [0.5, 0.6) is 0 Å². The van der Waals surface area contributed by atoms with Gasteiger partial charge < -0.3 is 10.7 Å². The van der Waals surface area contributed by atoms with E-state index in [1.165, 1.54) is 25.7 Å². The van der Waals surface area contributed by atoms with Crippen molar-refractivity contribution in [1.82, 2.24) is 9.97 Å². The summed E-state index contributed by atoms with van der Waals surface area (Å²) in [6.45, 7) is 2.03. The van der Waals surface area contributed by atoms with Crippen LogP contribution >= 0.6 is 11.8 Å². The summed E-state index contributed by atoms with van der Waals surface area (Å²) >= 11 is 1.89. The number of H-pyrrole nitrogens is 1. The molecule has 5 heteroatoms. The second-order valence-electron chi connectivity index (χ2n) is 4.84. The van der Waals surface area contributed by atoms with E-state index in [0.29, 0.717) is 23.6 Å². The molecule has 1 aromatic heterocycles. The highest BCUT2D eigenvalue weighted by atomic mass is 32.2. The molecule has 1 aromatic rings. The lowest BCUT2D eigenvalue weighted by molar-refractivity contribution is 0.870. The molecule has 1 aliphatic carbocycles. The highest BCUT2D eigenvalue weighted by molar-refractivity contribution is 7.99. The number of aromatic nitrogens is 2. The van der Waals surface area contributed by atoms with Crippen molar-refractivity contribution in [2.24, 2.45) is 0 Å². The number of hydrogen-bond donors (Lipinski definition) is 2. The van der Waals surface area contributed by atoms with Crippen molar-refractivity contribution in [2.75, 3.05) is 5.73 Å². The van der Waals surface area contributed by atoms with Crippen LogP contribution < -0.4 is 11.3 Å². The topological polar surface area (TPSA) is 71.8 Å². The van der Waals surface area contributed by atoms with Crippen LogP contribution in [-0.4, -0.2) is 15.2 Å². The zero-order valence-corrected chi connectivity index (χ0v) is 11.7. The van der Waals surface area contributed by atoms with Crippen molar-refractivity contribution in [2.45, 2.75) is 56.5 Å². The molecule has 0 bridgehead atoms. The molecule has 18 heavy (non-hydrogen) atoms. The van der Waals surface area contributed by atoms with Gasteiger partial charge in [-0.15, -0.1) is 0 Å². The van der Waals surface area contributed by atoms with E-state index in [1.807, 2.05) is 18.7 Å². The van der Waals surface area contributed by atoms with Crippen LogP contribution in [0.2, 0.25) is 0 Å². The second-order valence-corrected chi connectivity index (χ2v) is 6.13. The largest absolute Gasteiger partial charge is 0.383 e. The van der Waals surface area contributed by atoms with E-state index >= 15 is 0 Å². The summed E-state index contributed by atoms with van der Waals surface area (Å²) in [4.78, 5) is 19.0. The minimum atomic E-state index is -0.0635. The molecule has 1 aliphatic rings. The lowest BCUT2D eigenvalue weighted by Crippen LogP contribution is -2.19. The molecule has 0 unspecified atom stereocenters. The standard InChI is InChI=1S/C13H21N3OS/c1-2-5-10-12(14)15-11(16-13(10)17)8-18-9-6-3-4-7-9/h9H,2-8H2,1H3,(H3,14,15,16,17). The Morgan fingerprint density at radius 2 is 2.17 bits per heavy atom. The number of thioether (sulfide) groups is 1. The predicted molar refractivity (Wildman–Crippen MR) is 76.8 cm³/mol. The Bertz CT molecular complexity index is 452. The van der Waals surface area contributed by atoms with E-state index in [2.05, 4.69) is 9.97 Å². The van der Waals surface area contributed by atoms with Crippen LogP contribution in [0.1, 0.15) is 50.4 Å². The molecule has 0 aromatic carbocycles. The van der Waals surface area contributed by atoms with Crippen LogP contribution in [0.3, 0.4) is 0 Å². The van der Waals surface area contributed by atoms with Gasteiger partial charge in [0.15, 0.2) is 0 Å². The highest BCUT2D eigenvalue weighted by Gasteiger charge is 2.16. The summed E-state index contributed by atoms with van der Waals surface area (Å²) in [5.74, 6) is 1.88. The molecule has 1 saturated carbocycles. The fourth-order valence-electron chi connectivity index (χ4n) is 2.38. The summed E-state index contributed by atoms with van der Waals surface area (Å²) in [6, 6.07) is 0. The smallest absolute Gasteiger partial charge is 0.256 e. The van der Waals surface area contributed by atoms with E-state index < -0.39 is 0 Å². The van der Waals surface area contributed by atoms with Gasteiger partial charge >= 0.3 is 0 Å². The molecule has 1 heterocycles. The maximum atomic E-state index is 11.9. The Hall–Kier alpha value is -0.970. The number of anilines is 1. The van der Waals surface area contributed by atoms with Gasteiger partial charge in [-0.05, 0) is 19.3 Å². The Kier molecular flexibility index (Phi) is 4.69. The van der Waals surface area contributed by atoms with Crippen molar-refractivity contribution < 1.29 is 0 Å². The fraction of sp³-hybridized carbons (Fsp3) is 0.692. The highest BCUT2D eigenvalue weighted by Crippen LogP contribution is 2.30. The number of nitrogens with zero attached hydrogens (tertiary/aromatic N) is 1. The summed E-state index contributed by atoms with van der Waals surface area (Å²) in [6.07, 6.45) is 6.85. The van der Waals surface area contributed by atoms with Crippen molar-refractivity contribution in [3.05, 3.63) is 21.7 Å². The van der Waals surface area contributed by atoms with Crippen LogP contribution in [0, 0.1) is 0 Å². The lowest BCUT2D eigenvalue weighted by Gasteiger charge is -2.09. The minimum Gasteiger partial charge on any atom is -0.383 e. The molecule has 0 atom stereocenters. The molecule has 0 aliphatic heterocycles. The molecule has 0 saturated heterocycles. The van der Waals surface area contributed by atoms with Gasteiger partial charge in [-0.1, -0.05) is 26.2 Å². The molecular weight excluding hydrogens is 246 g/mol. The molecule has 0 amide bonds. The number of nitrogens with one attached hydrogen (secondary N) is 1. The van der Waals surface area contributed by atoms with Crippen LogP contribution in [0.15, 0.2) is 4.79 Å². The van der Waals surface area contributed by atoms with Gasteiger partial charge in [0.25, 0.3) is 5.56 Å². The average molecular weight is 267 g/mol. The third-order valence-electron chi connectivity index (χ3n) is 3.35. The third kappa shape index (κ3) is 3.28. The summed E-state index contributed by atoms with van der Waals surface area (Å²) in [5.41, 5.74) is 6.42. The van der Waals surface area contributed by atoms with E-state index in [1.54, 1.807) is 0 Å².